The highest BCUT2D eigenvalue weighted by molar-refractivity contribution is 14.1. The molecular weight excluding hydrogens is 298 g/mol. The van der Waals surface area contributed by atoms with Crippen LogP contribution in [0.2, 0.25) is 0 Å². The molecule has 0 aliphatic heterocycles. The third-order valence-electron chi connectivity index (χ3n) is 1.98. The zero-order valence-electron chi connectivity index (χ0n) is 7.10. The molecule has 0 saturated carbocycles. The summed E-state index contributed by atoms with van der Waals surface area (Å²) in [5, 5.41) is 0.772. The second-order valence-corrected chi connectivity index (χ2v) is 5.14. The average Bonchev–Trinajstić information content (AvgIpc) is 2.56. The van der Waals surface area contributed by atoms with Crippen LogP contribution in [0.3, 0.4) is 0 Å². The quantitative estimate of drug-likeness (QED) is 0.692. The first-order chi connectivity index (χ1) is 6.22. The van der Waals surface area contributed by atoms with Gasteiger partial charge in [0, 0.05) is 13.8 Å². The van der Waals surface area contributed by atoms with E-state index in [0.29, 0.717) is 0 Å². The van der Waals surface area contributed by atoms with Crippen molar-refractivity contribution < 1.29 is 4.39 Å². The molecule has 0 nitrogen and oxygen atoms in total. The van der Waals surface area contributed by atoms with Gasteiger partial charge in [-0.1, -0.05) is 6.92 Å². The van der Waals surface area contributed by atoms with Crippen molar-refractivity contribution in [1.82, 2.24) is 0 Å². The van der Waals surface area contributed by atoms with E-state index in [1.807, 2.05) is 12.1 Å². The summed E-state index contributed by atoms with van der Waals surface area (Å²) >= 11 is 3.94. The maximum Gasteiger partial charge on any atom is 0.131 e. The molecule has 1 heterocycles. The minimum Gasteiger partial charge on any atom is -0.206 e. The van der Waals surface area contributed by atoms with Crippen molar-refractivity contribution in [1.29, 1.82) is 0 Å². The fraction of sp³-hybridized carbons (Fsp3) is 0.200. The van der Waals surface area contributed by atoms with Crippen molar-refractivity contribution in [3.63, 3.8) is 0 Å². The summed E-state index contributed by atoms with van der Waals surface area (Å²) in [5.74, 6) is -0.105. The molecule has 2 aromatic rings. The molecule has 1 aromatic heterocycles. The van der Waals surface area contributed by atoms with E-state index in [1.165, 1.54) is 10.9 Å². The molecule has 0 saturated heterocycles. The molecular formula is C10H8FIS. The molecule has 0 N–H and O–H groups in total. The van der Waals surface area contributed by atoms with Crippen LogP contribution in [0.5, 0.6) is 0 Å². The number of fused-ring (bicyclic) bond motifs is 1. The van der Waals surface area contributed by atoms with Crippen molar-refractivity contribution in [3.05, 3.63) is 32.5 Å². The monoisotopic (exact) mass is 306 g/mol. The van der Waals surface area contributed by atoms with Gasteiger partial charge in [-0.2, -0.15) is 0 Å². The van der Waals surface area contributed by atoms with Gasteiger partial charge in [0.2, 0.25) is 0 Å². The third kappa shape index (κ3) is 1.59. The minimum absolute atomic E-state index is 0.105. The van der Waals surface area contributed by atoms with Crippen molar-refractivity contribution in [2.75, 3.05) is 0 Å². The molecule has 0 fully saturated rings. The Labute approximate surface area is 93.9 Å². The summed E-state index contributed by atoms with van der Waals surface area (Å²) in [7, 11) is 0. The first kappa shape index (κ1) is 9.40. The largest absolute Gasteiger partial charge is 0.206 e. The van der Waals surface area contributed by atoms with Crippen LogP contribution in [-0.2, 0) is 6.42 Å². The van der Waals surface area contributed by atoms with E-state index in [4.69, 9.17) is 0 Å². The van der Waals surface area contributed by atoms with E-state index in [9.17, 15) is 4.39 Å². The van der Waals surface area contributed by atoms with Crippen LogP contribution in [0.4, 0.5) is 4.39 Å². The van der Waals surface area contributed by atoms with Crippen LogP contribution in [0.25, 0.3) is 10.1 Å². The lowest BCUT2D eigenvalue weighted by Gasteiger charge is -1.93. The van der Waals surface area contributed by atoms with E-state index in [2.05, 4.69) is 29.5 Å². The van der Waals surface area contributed by atoms with Gasteiger partial charge in [0.25, 0.3) is 0 Å². The van der Waals surface area contributed by atoms with Crippen molar-refractivity contribution >= 4 is 44.0 Å². The van der Waals surface area contributed by atoms with Gasteiger partial charge >= 0.3 is 0 Å². The zero-order valence-corrected chi connectivity index (χ0v) is 10.1. The number of aryl methyl sites for hydroxylation is 1. The van der Waals surface area contributed by atoms with Crippen LogP contribution in [-0.4, -0.2) is 0 Å². The second-order valence-electron chi connectivity index (χ2n) is 2.84. The van der Waals surface area contributed by atoms with Gasteiger partial charge in [-0.15, -0.1) is 11.3 Å². The molecule has 0 aliphatic rings. The maximum absolute atomic E-state index is 13.3. The van der Waals surface area contributed by atoms with E-state index >= 15 is 0 Å². The standard InChI is InChI=1S/C10H8FIS/c1-2-6-5-7-8(11)3-4-9(12)10(7)13-6/h3-5H,2H2,1H3. The number of hydrogen-bond donors (Lipinski definition) is 0. The van der Waals surface area contributed by atoms with Gasteiger partial charge in [-0.05, 0) is 47.2 Å². The lowest BCUT2D eigenvalue weighted by Crippen LogP contribution is -1.76. The van der Waals surface area contributed by atoms with E-state index in [1.54, 1.807) is 11.3 Å². The number of benzene rings is 1. The predicted molar refractivity (Wildman–Crippen MR) is 63.9 cm³/mol. The lowest BCUT2D eigenvalue weighted by molar-refractivity contribution is 0.640. The van der Waals surface area contributed by atoms with Gasteiger partial charge in [0.05, 0.1) is 4.70 Å². The lowest BCUT2D eigenvalue weighted by atomic mass is 10.2. The van der Waals surface area contributed by atoms with Crippen LogP contribution >= 0.6 is 33.9 Å². The van der Waals surface area contributed by atoms with Gasteiger partial charge in [0.1, 0.15) is 5.82 Å². The highest BCUT2D eigenvalue weighted by Gasteiger charge is 2.07. The summed E-state index contributed by atoms with van der Waals surface area (Å²) < 4.78 is 15.5. The smallest absolute Gasteiger partial charge is 0.131 e. The molecule has 13 heavy (non-hydrogen) atoms. The average molecular weight is 306 g/mol. The zero-order chi connectivity index (χ0) is 9.42. The van der Waals surface area contributed by atoms with Crippen molar-refractivity contribution in [2.24, 2.45) is 0 Å². The van der Waals surface area contributed by atoms with Crippen molar-refractivity contribution in [3.8, 4) is 0 Å². The van der Waals surface area contributed by atoms with E-state index in [0.717, 1.165) is 20.1 Å². The minimum atomic E-state index is -0.105. The number of rotatable bonds is 1. The molecule has 3 heteroatoms. The van der Waals surface area contributed by atoms with Crippen molar-refractivity contribution in [2.45, 2.75) is 13.3 Å². The first-order valence-corrected chi connectivity index (χ1v) is 5.98. The number of halogens is 2. The molecule has 0 spiro atoms. The fourth-order valence-corrected chi connectivity index (χ4v) is 3.10. The third-order valence-corrected chi connectivity index (χ3v) is 4.56. The number of hydrogen-bond acceptors (Lipinski definition) is 1. The van der Waals surface area contributed by atoms with Crippen LogP contribution in [0.1, 0.15) is 11.8 Å². The summed E-state index contributed by atoms with van der Waals surface area (Å²) in [6, 6.07) is 5.32. The van der Waals surface area contributed by atoms with E-state index in [-0.39, 0.29) is 5.82 Å². The summed E-state index contributed by atoms with van der Waals surface area (Å²) in [6.45, 7) is 2.09. The molecule has 0 aliphatic carbocycles. The normalized spacial score (nSPS) is 11.0. The Hall–Kier alpha value is -0.160. The fourth-order valence-electron chi connectivity index (χ4n) is 1.28. The Morgan fingerprint density at radius 3 is 2.85 bits per heavy atom. The second kappa shape index (κ2) is 3.53. The summed E-state index contributed by atoms with van der Waals surface area (Å²) in [4.78, 5) is 1.25. The topological polar surface area (TPSA) is 0 Å². The Morgan fingerprint density at radius 2 is 2.23 bits per heavy atom. The first-order valence-electron chi connectivity index (χ1n) is 4.08. The molecule has 0 amide bonds. The van der Waals surface area contributed by atoms with Crippen LogP contribution in [0, 0.1) is 9.39 Å². The highest BCUT2D eigenvalue weighted by atomic mass is 127. The molecule has 2 rings (SSSR count). The predicted octanol–water partition coefficient (Wildman–Crippen LogP) is 4.21. The van der Waals surface area contributed by atoms with Gasteiger partial charge < -0.3 is 0 Å². The Morgan fingerprint density at radius 1 is 1.46 bits per heavy atom. The highest BCUT2D eigenvalue weighted by Crippen LogP contribution is 2.31. The Kier molecular flexibility index (Phi) is 2.55. The SMILES string of the molecule is CCc1cc2c(F)ccc(I)c2s1. The molecule has 0 bridgehead atoms. The molecule has 0 atom stereocenters. The maximum atomic E-state index is 13.3. The Bertz CT molecular complexity index is 408. The van der Waals surface area contributed by atoms with Crippen LogP contribution < -0.4 is 0 Å². The molecule has 0 radical (unpaired) electrons. The summed E-state index contributed by atoms with van der Waals surface area (Å²) in [5.41, 5.74) is 0. The molecule has 1 aromatic carbocycles. The molecule has 0 unspecified atom stereocenters. The van der Waals surface area contributed by atoms with Gasteiger partial charge in [0.15, 0.2) is 0 Å². The summed E-state index contributed by atoms with van der Waals surface area (Å²) in [6.07, 6.45) is 0.981. The van der Waals surface area contributed by atoms with E-state index < -0.39 is 0 Å². The molecule has 68 valence electrons. The van der Waals surface area contributed by atoms with Crippen LogP contribution in [0.15, 0.2) is 18.2 Å². The number of thiophene rings is 1. The van der Waals surface area contributed by atoms with Gasteiger partial charge in [-0.25, -0.2) is 4.39 Å². The van der Waals surface area contributed by atoms with Gasteiger partial charge in [-0.3, -0.25) is 0 Å². The Balaban J connectivity index is 2.80.